The Labute approximate surface area is 95.4 Å². The second-order valence-corrected chi connectivity index (χ2v) is 4.40. The van der Waals surface area contributed by atoms with Gasteiger partial charge in [0.05, 0.1) is 18.6 Å². The number of ketones is 1. The van der Waals surface area contributed by atoms with E-state index >= 15 is 0 Å². The van der Waals surface area contributed by atoms with Crippen LogP contribution in [0.3, 0.4) is 0 Å². The van der Waals surface area contributed by atoms with Crippen LogP contribution >= 0.6 is 0 Å². The van der Waals surface area contributed by atoms with E-state index in [-0.39, 0.29) is 5.78 Å². The number of para-hydroxylation sites is 1. The fourth-order valence-corrected chi connectivity index (χ4v) is 1.64. The summed E-state index contributed by atoms with van der Waals surface area (Å²) in [4.78, 5) is 11.8. The van der Waals surface area contributed by atoms with Crippen LogP contribution in [0.25, 0.3) is 0 Å². The van der Waals surface area contributed by atoms with Gasteiger partial charge in [-0.15, -0.1) is 0 Å². The van der Waals surface area contributed by atoms with E-state index in [1.54, 1.807) is 12.1 Å². The van der Waals surface area contributed by atoms with Gasteiger partial charge < -0.3 is 9.47 Å². The largest absolute Gasteiger partial charge is 0.464 e. The number of rotatable bonds is 3. The zero-order valence-corrected chi connectivity index (χ0v) is 9.60. The Bertz CT molecular complexity index is 385. The van der Waals surface area contributed by atoms with Gasteiger partial charge in [0.15, 0.2) is 5.78 Å². The smallest absolute Gasteiger partial charge is 0.207 e. The quantitative estimate of drug-likeness (QED) is 0.785. The first-order chi connectivity index (χ1) is 7.66. The molecule has 1 aromatic carbocycles. The predicted molar refractivity (Wildman–Crippen MR) is 60.6 cm³/mol. The first kappa shape index (κ1) is 11.1. The highest BCUT2D eigenvalue weighted by atomic mass is 16.7. The van der Waals surface area contributed by atoms with Gasteiger partial charge >= 0.3 is 0 Å². The van der Waals surface area contributed by atoms with E-state index in [0.29, 0.717) is 30.3 Å². The van der Waals surface area contributed by atoms with Crippen LogP contribution in [0.2, 0.25) is 0 Å². The molecule has 2 rings (SSSR count). The maximum atomic E-state index is 11.8. The fraction of sp³-hybridized carbons (Fsp3) is 0.462. The normalized spacial score (nSPS) is 19.4. The second kappa shape index (κ2) is 4.66. The average Bonchev–Trinajstić information content (AvgIpc) is 2.26. The summed E-state index contributed by atoms with van der Waals surface area (Å²) in [5.41, 5.74) is 0.659. The van der Waals surface area contributed by atoms with Gasteiger partial charge in [0.2, 0.25) is 6.29 Å². The minimum atomic E-state index is -0.426. The number of fused-ring (bicyclic) bond motifs is 1. The molecule has 0 radical (unpaired) electrons. The molecule has 3 nitrogen and oxygen atoms in total. The number of ether oxygens (including phenoxy) is 2. The topological polar surface area (TPSA) is 35.5 Å². The fourth-order valence-electron chi connectivity index (χ4n) is 1.64. The number of benzene rings is 1. The molecule has 0 N–H and O–H groups in total. The van der Waals surface area contributed by atoms with Crippen molar-refractivity contribution in [3.05, 3.63) is 29.8 Å². The summed E-state index contributed by atoms with van der Waals surface area (Å²) in [6, 6.07) is 7.29. The highest BCUT2D eigenvalue weighted by molar-refractivity contribution is 5.99. The summed E-state index contributed by atoms with van der Waals surface area (Å²) in [6.07, 6.45) is -0.117. The Kier molecular flexibility index (Phi) is 3.25. The van der Waals surface area contributed by atoms with Crippen molar-refractivity contribution in [3.8, 4) is 5.75 Å². The maximum absolute atomic E-state index is 11.8. The number of hydrogen-bond acceptors (Lipinski definition) is 3. The number of carbonyl (C=O) groups excluding carboxylic acids is 1. The minimum absolute atomic E-state index is 0.0932. The monoisotopic (exact) mass is 220 g/mol. The highest BCUT2D eigenvalue weighted by Crippen LogP contribution is 2.27. The molecule has 0 bridgehead atoms. The van der Waals surface area contributed by atoms with Crippen LogP contribution in [0.1, 0.15) is 30.6 Å². The van der Waals surface area contributed by atoms with Crippen LogP contribution < -0.4 is 4.74 Å². The molecule has 0 aliphatic carbocycles. The Morgan fingerprint density at radius 2 is 2.19 bits per heavy atom. The highest BCUT2D eigenvalue weighted by Gasteiger charge is 2.26. The van der Waals surface area contributed by atoms with Crippen LogP contribution in [0.4, 0.5) is 0 Å². The molecule has 0 saturated heterocycles. The third-order valence-corrected chi connectivity index (χ3v) is 2.41. The van der Waals surface area contributed by atoms with Crippen molar-refractivity contribution >= 4 is 5.78 Å². The Balaban J connectivity index is 2.06. The Morgan fingerprint density at radius 3 is 2.94 bits per heavy atom. The summed E-state index contributed by atoms with van der Waals surface area (Å²) in [7, 11) is 0. The molecular weight excluding hydrogens is 204 g/mol. The molecule has 1 atom stereocenters. The van der Waals surface area contributed by atoms with E-state index in [9.17, 15) is 4.79 Å². The lowest BCUT2D eigenvalue weighted by atomic mass is 10.0. The zero-order valence-electron chi connectivity index (χ0n) is 9.60. The lowest BCUT2D eigenvalue weighted by Gasteiger charge is -2.25. The second-order valence-electron chi connectivity index (χ2n) is 4.40. The first-order valence-corrected chi connectivity index (χ1v) is 5.57. The van der Waals surface area contributed by atoms with Crippen molar-refractivity contribution in [2.45, 2.75) is 26.6 Å². The van der Waals surface area contributed by atoms with E-state index in [2.05, 4.69) is 13.8 Å². The van der Waals surface area contributed by atoms with E-state index in [0.717, 1.165) is 0 Å². The number of hydrogen-bond donors (Lipinski definition) is 0. The number of carbonyl (C=O) groups is 1. The predicted octanol–water partition coefficient (Wildman–Crippen LogP) is 2.65. The van der Waals surface area contributed by atoms with Gasteiger partial charge in [0, 0.05) is 0 Å². The Morgan fingerprint density at radius 1 is 1.44 bits per heavy atom. The van der Waals surface area contributed by atoms with Crippen LogP contribution in [0.15, 0.2) is 24.3 Å². The molecule has 1 aliphatic heterocycles. The van der Waals surface area contributed by atoms with Crippen molar-refractivity contribution in [3.63, 3.8) is 0 Å². The van der Waals surface area contributed by atoms with Gasteiger partial charge in [-0.05, 0) is 18.1 Å². The SMILES string of the molecule is CC(C)COC1CC(=O)c2ccccc2O1. The molecule has 16 heavy (non-hydrogen) atoms. The minimum Gasteiger partial charge on any atom is -0.464 e. The molecule has 1 unspecified atom stereocenters. The Hall–Kier alpha value is -1.35. The zero-order chi connectivity index (χ0) is 11.5. The average molecular weight is 220 g/mol. The van der Waals surface area contributed by atoms with Crippen LogP contribution in [-0.2, 0) is 4.74 Å². The van der Waals surface area contributed by atoms with Crippen LogP contribution in [-0.4, -0.2) is 18.7 Å². The van der Waals surface area contributed by atoms with Crippen molar-refractivity contribution in [1.29, 1.82) is 0 Å². The van der Waals surface area contributed by atoms with Gasteiger partial charge in [-0.25, -0.2) is 0 Å². The summed E-state index contributed by atoms with van der Waals surface area (Å²) in [6.45, 7) is 4.75. The summed E-state index contributed by atoms with van der Waals surface area (Å²) >= 11 is 0. The summed E-state index contributed by atoms with van der Waals surface area (Å²) in [5.74, 6) is 1.17. The van der Waals surface area contributed by atoms with Gasteiger partial charge in [-0.3, -0.25) is 4.79 Å². The summed E-state index contributed by atoms with van der Waals surface area (Å²) < 4.78 is 11.1. The lowest BCUT2D eigenvalue weighted by molar-refractivity contribution is -0.0909. The number of Topliss-reactive ketones (excluding diaryl/α,β-unsaturated/α-hetero) is 1. The van der Waals surface area contributed by atoms with Crippen molar-refractivity contribution in [2.24, 2.45) is 5.92 Å². The van der Waals surface area contributed by atoms with E-state index in [4.69, 9.17) is 9.47 Å². The van der Waals surface area contributed by atoms with Crippen molar-refractivity contribution in [2.75, 3.05) is 6.61 Å². The van der Waals surface area contributed by atoms with E-state index < -0.39 is 6.29 Å². The first-order valence-electron chi connectivity index (χ1n) is 5.57. The van der Waals surface area contributed by atoms with Gasteiger partial charge in [-0.2, -0.15) is 0 Å². The molecule has 1 heterocycles. The molecule has 0 fully saturated rings. The van der Waals surface area contributed by atoms with Gasteiger partial charge in [0.1, 0.15) is 5.75 Å². The molecule has 0 saturated carbocycles. The third kappa shape index (κ3) is 2.42. The van der Waals surface area contributed by atoms with Gasteiger partial charge in [0.25, 0.3) is 0 Å². The summed E-state index contributed by atoms with van der Waals surface area (Å²) in [5, 5.41) is 0. The third-order valence-electron chi connectivity index (χ3n) is 2.41. The molecule has 0 amide bonds. The van der Waals surface area contributed by atoms with E-state index in [1.165, 1.54) is 0 Å². The standard InChI is InChI=1S/C13H16O3/c1-9(2)8-15-13-7-11(14)10-5-3-4-6-12(10)16-13/h3-6,9,13H,7-8H2,1-2H3. The van der Waals surface area contributed by atoms with Crippen molar-refractivity contribution in [1.82, 2.24) is 0 Å². The van der Waals surface area contributed by atoms with Crippen LogP contribution in [0.5, 0.6) is 5.75 Å². The molecule has 0 spiro atoms. The molecule has 1 aromatic rings. The molecule has 0 aromatic heterocycles. The van der Waals surface area contributed by atoms with Gasteiger partial charge in [-0.1, -0.05) is 26.0 Å². The molecule has 86 valence electrons. The van der Waals surface area contributed by atoms with Crippen molar-refractivity contribution < 1.29 is 14.3 Å². The van der Waals surface area contributed by atoms with Crippen LogP contribution in [0, 0.1) is 5.92 Å². The lowest BCUT2D eigenvalue weighted by Crippen LogP contribution is -2.30. The maximum Gasteiger partial charge on any atom is 0.207 e. The molecule has 3 heteroatoms. The van der Waals surface area contributed by atoms with E-state index in [1.807, 2.05) is 12.1 Å². The molecule has 1 aliphatic rings. The molecular formula is C13H16O3.